The molecule has 3 rings (SSSR count). The Kier molecular flexibility index (Phi) is 9.15. The van der Waals surface area contributed by atoms with Crippen molar-refractivity contribution >= 4 is 21.1 Å². The Morgan fingerprint density at radius 1 is 1.09 bits per heavy atom. The van der Waals surface area contributed by atoms with E-state index in [0.717, 1.165) is 10.9 Å². The maximum absolute atomic E-state index is 13.7. The van der Waals surface area contributed by atoms with Crippen LogP contribution in [0.3, 0.4) is 0 Å². The average molecular weight is 525 g/mol. The maximum Gasteiger partial charge on any atom is 0.485 e. The SMILES string of the molecule is COc1c(F)c[n+](CCCCOc2ccc3c(C)cc(=O)oc3c2)cc1F.O=S(=O)([O-])C(F)(F)F. The first kappa shape index (κ1) is 28.0. The van der Waals surface area contributed by atoms with E-state index in [2.05, 4.69) is 4.74 Å². The van der Waals surface area contributed by atoms with Crippen LogP contribution < -0.4 is 19.7 Å². The van der Waals surface area contributed by atoms with E-state index in [1.165, 1.54) is 30.1 Å². The van der Waals surface area contributed by atoms with Gasteiger partial charge in [-0.1, -0.05) is 0 Å². The van der Waals surface area contributed by atoms with Crippen molar-refractivity contribution < 1.29 is 53.4 Å². The second-order valence-electron chi connectivity index (χ2n) is 7.09. The van der Waals surface area contributed by atoms with Crippen LogP contribution in [0.1, 0.15) is 18.4 Å². The molecule has 3 aromatic rings. The molecule has 8 nitrogen and oxygen atoms in total. The fraction of sp³-hybridized carbons (Fsp3) is 0.333. The van der Waals surface area contributed by atoms with Crippen molar-refractivity contribution in [3.63, 3.8) is 0 Å². The van der Waals surface area contributed by atoms with Gasteiger partial charge in [-0.3, -0.25) is 0 Å². The van der Waals surface area contributed by atoms with Crippen molar-refractivity contribution in [2.45, 2.75) is 31.8 Å². The van der Waals surface area contributed by atoms with Crippen LogP contribution in [-0.2, 0) is 16.7 Å². The normalized spacial score (nSPS) is 11.7. The van der Waals surface area contributed by atoms with Crippen molar-refractivity contribution in [3.05, 3.63) is 64.3 Å². The molecule has 0 amide bonds. The summed E-state index contributed by atoms with van der Waals surface area (Å²) in [6, 6.07) is 6.80. The van der Waals surface area contributed by atoms with Gasteiger partial charge in [-0.2, -0.15) is 26.5 Å². The number of pyridine rings is 1. The van der Waals surface area contributed by atoms with Crippen LogP contribution in [0.2, 0.25) is 0 Å². The molecule has 0 unspecified atom stereocenters. The van der Waals surface area contributed by atoms with E-state index >= 15 is 0 Å². The molecular formula is C21H20F5NO7S. The van der Waals surface area contributed by atoms with E-state index in [-0.39, 0.29) is 5.75 Å². The van der Waals surface area contributed by atoms with Crippen LogP contribution >= 0.6 is 0 Å². The topological polar surface area (TPSA) is 110 Å². The Balaban J connectivity index is 0.000000466. The molecule has 35 heavy (non-hydrogen) atoms. The van der Waals surface area contributed by atoms with Gasteiger partial charge in [0.15, 0.2) is 10.1 Å². The Morgan fingerprint density at radius 2 is 1.69 bits per heavy atom. The third kappa shape index (κ3) is 7.89. The van der Waals surface area contributed by atoms with E-state index in [9.17, 15) is 26.7 Å². The highest BCUT2D eigenvalue weighted by molar-refractivity contribution is 7.86. The summed E-state index contributed by atoms with van der Waals surface area (Å²) >= 11 is 0. The average Bonchev–Trinajstić information content (AvgIpc) is 2.72. The second-order valence-corrected chi connectivity index (χ2v) is 8.46. The molecule has 1 aromatic carbocycles. The van der Waals surface area contributed by atoms with Crippen LogP contribution in [-0.4, -0.2) is 32.2 Å². The van der Waals surface area contributed by atoms with Crippen LogP contribution in [0.15, 0.2) is 45.9 Å². The summed E-state index contributed by atoms with van der Waals surface area (Å²) in [5.74, 6) is -1.25. The van der Waals surface area contributed by atoms with Crippen LogP contribution in [0, 0.1) is 18.6 Å². The number of alkyl halides is 3. The van der Waals surface area contributed by atoms with Gasteiger partial charge in [0, 0.05) is 23.9 Å². The van der Waals surface area contributed by atoms with Gasteiger partial charge in [-0.05, 0) is 31.0 Å². The first-order chi connectivity index (χ1) is 16.2. The molecule has 0 atom stereocenters. The third-order valence-electron chi connectivity index (χ3n) is 4.48. The summed E-state index contributed by atoms with van der Waals surface area (Å²) in [6.07, 6.45) is 3.78. The Morgan fingerprint density at radius 3 is 2.23 bits per heavy atom. The molecule has 0 saturated carbocycles. The maximum atomic E-state index is 13.7. The molecule has 14 heteroatoms. The quantitative estimate of drug-likeness (QED) is 0.116. The molecular weight excluding hydrogens is 505 g/mol. The van der Waals surface area contributed by atoms with Gasteiger partial charge in [0.05, 0.1) is 13.7 Å². The van der Waals surface area contributed by atoms with Gasteiger partial charge in [0.1, 0.15) is 17.9 Å². The Hall–Kier alpha value is -3.26. The molecule has 0 aliphatic carbocycles. The fourth-order valence-electron chi connectivity index (χ4n) is 2.87. The van der Waals surface area contributed by atoms with Crippen molar-refractivity contribution in [2.24, 2.45) is 0 Å². The molecule has 0 N–H and O–H groups in total. The lowest BCUT2D eigenvalue weighted by molar-refractivity contribution is -0.700. The Bertz CT molecular complexity index is 1320. The highest BCUT2D eigenvalue weighted by atomic mass is 32.2. The van der Waals surface area contributed by atoms with E-state index in [4.69, 9.17) is 22.1 Å². The molecule has 0 saturated heterocycles. The van der Waals surface area contributed by atoms with Crippen molar-refractivity contribution in [2.75, 3.05) is 13.7 Å². The summed E-state index contributed by atoms with van der Waals surface area (Å²) < 4.78 is 103. The molecule has 0 aliphatic rings. The summed E-state index contributed by atoms with van der Waals surface area (Å²) in [5.41, 5.74) is -4.71. The van der Waals surface area contributed by atoms with Gasteiger partial charge >= 0.3 is 11.1 Å². The van der Waals surface area contributed by atoms with Crippen LogP contribution in [0.25, 0.3) is 11.0 Å². The van der Waals surface area contributed by atoms with Crippen molar-refractivity contribution in [1.82, 2.24) is 0 Å². The molecule has 2 heterocycles. The van der Waals surface area contributed by atoms with Crippen LogP contribution in [0.4, 0.5) is 22.0 Å². The minimum absolute atomic E-state index is 0.382. The lowest BCUT2D eigenvalue weighted by atomic mass is 10.1. The number of aryl methyl sites for hydroxylation is 2. The molecule has 0 radical (unpaired) electrons. The van der Waals surface area contributed by atoms with E-state index in [0.29, 0.717) is 37.3 Å². The van der Waals surface area contributed by atoms with Gasteiger partial charge < -0.3 is 18.4 Å². The van der Waals surface area contributed by atoms with Gasteiger partial charge in [0.2, 0.25) is 29.8 Å². The van der Waals surface area contributed by atoms with Gasteiger partial charge in [-0.15, -0.1) is 0 Å². The second kappa shape index (κ2) is 11.4. The zero-order chi connectivity index (χ0) is 26.4. The molecule has 0 spiro atoms. The van der Waals surface area contributed by atoms with E-state index in [1.807, 2.05) is 19.1 Å². The smallest absolute Gasteiger partial charge is 0.485 e. The molecule has 2 aromatic heterocycles. The summed E-state index contributed by atoms with van der Waals surface area (Å²) in [5, 5.41) is 0.863. The minimum atomic E-state index is -6.09. The number of methoxy groups -OCH3 is 1. The number of ether oxygens (including phenoxy) is 2. The monoisotopic (exact) mass is 525 g/mol. The van der Waals surface area contributed by atoms with Crippen LogP contribution in [0.5, 0.6) is 11.5 Å². The standard InChI is InChI=1S/C20H20F2NO4.CHF3O3S/c1-13-9-19(24)27-18-10-14(5-6-15(13)18)26-8-4-3-7-23-11-16(21)20(25-2)17(22)12-23;2-1(3,4)8(5,6)7/h5-6,9-12H,3-4,7-8H2,1-2H3;(H,5,6,7)/q+1;/p-1. The zero-order valence-corrected chi connectivity index (χ0v) is 19.2. The number of fused-ring (bicyclic) bond motifs is 1. The number of halogens is 5. The van der Waals surface area contributed by atoms with E-state index < -0.39 is 32.9 Å². The highest BCUT2D eigenvalue weighted by Crippen LogP contribution is 2.23. The van der Waals surface area contributed by atoms with Gasteiger partial charge in [0.25, 0.3) is 0 Å². The highest BCUT2D eigenvalue weighted by Gasteiger charge is 2.36. The predicted octanol–water partition coefficient (Wildman–Crippen LogP) is 3.59. The number of benzene rings is 1. The first-order valence-electron chi connectivity index (χ1n) is 9.84. The summed E-state index contributed by atoms with van der Waals surface area (Å²) in [6.45, 7) is 2.73. The summed E-state index contributed by atoms with van der Waals surface area (Å²) in [7, 11) is -4.87. The number of aromatic nitrogens is 1. The largest absolute Gasteiger partial charge is 0.741 e. The number of hydrogen-bond acceptors (Lipinski definition) is 7. The Labute approximate surface area is 196 Å². The minimum Gasteiger partial charge on any atom is -0.741 e. The lowest BCUT2D eigenvalue weighted by Gasteiger charge is -2.08. The number of hydrogen-bond donors (Lipinski definition) is 0. The van der Waals surface area contributed by atoms with E-state index in [1.54, 1.807) is 6.07 Å². The molecule has 0 aliphatic heterocycles. The fourth-order valence-corrected chi connectivity index (χ4v) is 2.87. The van der Waals surface area contributed by atoms with Crippen molar-refractivity contribution in [3.8, 4) is 11.5 Å². The van der Waals surface area contributed by atoms with Crippen molar-refractivity contribution in [1.29, 1.82) is 0 Å². The molecule has 0 fully saturated rings. The number of nitrogens with zero attached hydrogens (tertiary/aromatic N) is 1. The molecule has 0 bridgehead atoms. The zero-order valence-electron chi connectivity index (χ0n) is 18.4. The third-order valence-corrected chi connectivity index (χ3v) is 5.05. The first-order valence-corrected chi connectivity index (χ1v) is 11.3. The molecule has 192 valence electrons. The van der Waals surface area contributed by atoms with Gasteiger partial charge in [-0.25, -0.2) is 13.2 Å². The number of unbranched alkanes of at least 4 members (excludes halogenated alkanes) is 1. The lowest BCUT2D eigenvalue weighted by Crippen LogP contribution is -2.34. The summed E-state index contributed by atoms with van der Waals surface area (Å²) in [4.78, 5) is 11.5. The predicted molar refractivity (Wildman–Crippen MR) is 111 cm³/mol. The number of rotatable bonds is 7.